The molecule has 0 bridgehead atoms. The molecule has 3 heteroatoms. The van der Waals surface area contributed by atoms with Crippen LogP contribution in [0.25, 0.3) is 0 Å². The molecular formula is C12H16BrNO. The molecule has 0 aromatic heterocycles. The summed E-state index contributed by atoms with van der Waals surface area (Å²) >= 11 is 3.69. The Morgan fingerprint density at radius 3 is 2.67 bits per heavy atom. The van der Waals surface area contributed by atoms with Crippen molar-refractivity contribution in [2.75, 3.05) is 25.1 Å². The Morgan fingerprint density at radius 1 is 1.33 bits per heavy atom. The average Bonchev–Trinajstić information content (AvgIpc) is 2.29. The van der Waals surface area contributed by atoms with E-state index in [1.165, 1.54) is 18.5 Å². The number of hydrogen-bond donors (Lipinski definition) is 0. The van der Waals surface area contributed by atoms with Crippen LogP contribution in [0.4, 0.5) is 5.69 Å². The first-order valence-corrected chi connectivity index (χ1v) is 6.24. The van der Waals surface area contributed by atoms with E-state index < -0.39 is 0 Å². The molecule has 15 heavy (non-hydrogen) atoms. The number of piperidine rings is 1. The maximum Gasteiger partial charge on any atom is 0.119 e. The van der Waals surface area contributed by atoms with Crippen LogP contribution in [0.2, 0.25) is 0 Å². The molecule has 1 fully saturated rings. The van der Waals surface area contributed by atoms with Gasteiger partial charge in [0.2, 0.25) is 0 Å². The lowest BCUT2D eigenvalue weighted by molar-refractivity contribution is 0.415. The molecule has 1 heterocycles. The van der Waals surface area contributed by atoms with Crippen LogP contribution in [0.1, 0.15) is 12.8 Å². The molecular weight excluding hydrogens is 254 g/mol. The third-order valence-electron chi connectivity index (χ3n) is 2.80. The molecule has 0 saturated carbocycles. The number of benzene rings is 1. The maximum atomic E-state index is 5.15. The molecule has 2 nitrogen and oxygen atoms in total. The highest BCUT2D eigenvalue weighted by Crippen LogP contribution is 2.24. The number of hydrogen-bond acceptors (Lipinski definition) is 2. The second-order valence-corrected chi connectivity index (χ2v) is 5.18. The summed E-state index contributed by atoms with van der Waals surface area (Å²) in [5, 5.41) is 0. The van der Waals surface area contributed by atoms with Crippen molar-refractivity contribution in [1.29, 1.82) is 0 Å². The van der Waals surface area contributed by atoms with Crippen LogP contribution in [0.5, 0.6) is 5.75 Å². The SMILES string of the molecule is COc1ccc(N2CCCC(Br)C2)cc1. The quantitative estimate of drug-likeness (QED) is 0.766. The van der Waals surface area contributed by atoms with Crippen molar-refractivity contribution in [3.05, 3.63) is 24.3 Å². The third kappa shape index (κ3) is 2.65. The Hall–Kier alpha value is -0.700. The Kier molecular flexibility index (Phi) is 3.52. The van der Waals surface area contributed by atoms with Gasteiger partial charge in [-0.3, -0.25) is 0 Å². The number of rotatable bonds is 2. The van der Waals surface area contributed by atoms with Crippen molar-refractivity contribution in [2.45, 2.75) is 17.7 Å². The average molecular weight is 270 g/mol. The fourth-order valence-corrected chi connectivity index (χ4v) is 2.63. The molecule has 82 valence electrons. The molecule has 0 amide bonds. The van der Waals surface area contributed by atoms with Gasteiger partial charge in [0.25, 0.3) is 0 Å². The molecule has 1 aromatic carbocycles. The summed E-state index contributed by atoms with van der Waals surface area (Å²) in [6.07, 6.45) is 2.55. The highest BCUT2D eigenvalue weighted by atomic mass is 79.9. The van der Waals surface area contributed by atoms with E-state index in [0.717, 1.165) is 18.8 Å². The molecule has 0 radical (unpaired) electrons. The highest BCUT2D eigenvalue weighted by molar-refractivity contribution is 9.09. The van der Waals surface area contributed by atoms with Gasteiger partial charge in [0, 0.05) is 23.6 Å². The Bertz CT molecular complexity index is 312. The zero-order valence-electron chi connectivity index (χ0n) is 8.95. The number of methoxy groups -OCH3 is 1. The van der Waals surface area contributed by atoms with Gasteiger partial charge in [-0.25, -0.2) is 0 Å². The largest absolute Gasteiger partial charge is 0.497 e. The van der Waals surface area contributed by atoms with Crippen LogP contribution >= 0.6 is 15.9 Å². The second kappa shape index (κ2) is 4.88. The van der Waals surface area contributed by atoms with Crippen LogP contribution < -0.4 is 9.64 Å². The number of anilines is 1. The molecule has 2 rings (SSSR count). The number of halogens is 1. The molecule has 1 aliphatic rings. The summed E-state index contributed by atoms with van der Waals surface area (Å²) in [6, 6.07) is 8.30. The van der Waals surface area contributed by atoms with E-state index in [1.807, 2.05) is 12.1 Å². The van der Waals surface area contributed by atoms with Crippen molar-refractivity contribution in [3.8, 4) is 5.75 Å². The molecule has 0 spiro atoms. The Morgan fingerprint density at radius 2 is 2.07 bits per heavy atom. The van der Waals surface area contributed by atoms with Crippen molar-refractivity contribution < 1.29 is 4.74 Å². The minimum Gasteiger partial charge on any atom is -0.497 e. The van der Waals surface area contributed by atoms with E-state index in [0.29, 0.717) is 4.83 Å². The van der Waals surface area contributed by atoms with Crippen LogP contribution in [0.15, 0.2) is 24.3 Å². The topological polar surface area (TPSA) is 12.5 Å². The van der Waals surface area contributed by atoms with Crippen molar-refractivity contribution >= 4 is 21.6 Å². The lowest BCUT2D eigenvalue weighted by Gasteiger charge is -2.31. The highest BCUT2D eigenvalue weighted by Gasteiger charge is 2.17. The van der Waals surface area contributed by atoms with Gasteiger partial charge >= 0.3 is 0 Å². The standard InChI is InChI=1S/C12H16BrNO/c1-15-12-6-4-11(5-7-12)14-8-2-3-10(13)9-14/h4-7,10H,2-3,8-9H2,1H3. The van der Waals surface area contributed by atoms with Gasteiger partial charge in [0.1, 0.15) is 5.75 Å². The molecule has 1 atom stereocenters. The van der Waals surface area contributed by atoms with Crippen LogP contribution in [-0.4, -0.2) is 25.0 Å². The first-order valence-electron chi connectivity index (χ1n) is 5.32. The van der Waals surface area contributed by atoms with Gasteiger partial charge in [-0.15, -0.1) is 0 Å². The zero-order valence-corrected chi connectivity index (χ0v) is 10.5. The molecule has 1 aliphatic heterocycles. The monoisotopic (exact) mass is 269 g/mol. The number of ether oxygens (including phenoxy) is 1. The minimum absolute atomic E-state index is 0.633. The Balaban J connectivity index is 2.07. The van der Waals surface area contributed by atoms with E-state index >= 15 is 0 Å². The van der Waals surface area contributed by atoms with E-state index in [-0.39, 0.29) is 0 Å². The predicted molar refractivity (Wildman–Crippen MR) is 67.2 cm³/mol. The van der Waals surface area contributed by atoms with Gasteiger partial charge in [0.05, 0.1) is 7.11 Å². The van der Waals surface area contributed by atoms with Crippen LogP contribution in [0.3, 0.4) is 0 Å². The lowest BCUT2D eigenvalue weighted by atomic mass is 10.1. The van der Waals surface area contributed by atoms with E-state index in [4.69, 9.17) is 4.74 Å². The fraction of sp³-hybridized carbons (Fsp3) is 0.500. The summed E-state index contributed by atoms with van der Waals surface area (Å²) in [6.45, 7) is 2.26. The van der Waals surface area contributed by atoms with Crippen molar-refractivity contribution in [1.82, 2.24) is 0 Å². The zero-order chi connectivity index (χ0) is 10.7. The van der Waals surface area contributed by atoms with Crippen molar-refractivity contribution in [2.24, 2.45) is 0 Å². The third-order valence-corrected chi connectivity index (χ3v) is 3.55. The summed E-state index contributed by atoms with van der Waals surface area (Å²) in [5.74, 6) is 0.922. The van der Waals surface area contributed by atoms with Gasteiger partial charge < -0.3 is 9.64 Å². The minimum atomic E-state index is 0.633. The summed E-state index contributed by atoms with van der Waals surface area (Å²) in [7, 11) is 1.70. The molecule has 1 unspecified atom stereocenters. The first-order chi connectivity index (χ1) is 7.29. The molecule has 0 aliphatic carbocycles. The van der Waals surface area contributed by atoms with E-state index in [1.54, 1.807) is 7.11 Å². The molecule has 1 saturated heterocycles. The van der Waals surface area contributed by atoms with Gasteiger partial charge in [-0.05, 0) is 37.1 Å². The molecule has 1 aromatic rings. The van der Waals surface area contributed by atoms with Gasteiger partial charge in [-0.2, -0.15) is 0 Å². The number of nitrogens with zero attached hydrogens (tertiary/aromatic N) is 1. The Labute approximate surface area is 99.4 Å². The van der Waals surface area contributed by atoms with Crippen LogP contribution in [0, 0.1) is 0 Å². The van der Waals surface area contributed by atoms with E-state index in [2.05, 4.69) is 33.0 Å². The van der Waals surface area contributed by atoms with Gasteiger partial charge in [0.15, 0.2) is 0 Å². The lowest BCUT2D eigenvalue weighted by Crippen LogP contribution is -2.35. The summed E-state index contributed by atoms with van der Waals surface area (Å²) in [4.78, 5) is 3.05. The fourth-order valence-electron chi connectivity index (χ4n) is 1.95. The number of alkyl halides is 1. The van der Waals surface area contributed by atoms with Gasteiger partial charge in [-0.1, -0.05) is 15.9 Å². The van der Waals surface area contributed by atoms with E-state index in [9.17, 15) is 0 Å². The first kappa shape index (κ1) is 10.8. The summed E-state index contributed by atoms with van der Waals surface area (Å²) < 4.78 is 5.15. The second-order valence-electron chi connectivity index (χ2n) is 3.88. The maximum absolute atomic E-state index is 5.15. The van der Waals surface area contributed by atoms with Crippen LogP contribution in [-0.2, 0) is 0 Å². The summed E-state index contributed by atoms with van der Waals surface area (Å²) in [5.41, 5.74) is 1.29. The normalized spacial score (nSPS) is 21.5. The van der Waals surface area contributed by atoms with Crippen molar-refractivity contribution in [3.63, 3.8) is 0 Å². The smallest absolute Gasteiger partial charge is 0.119 e. The predicted octanol–water partition coefficient (Wildman–Crippen LogP) is 3.06. The molecule has 0 N–H and O–H groups in total.